The molecule has 2 rings (SSSR count). The van der Waals surface area contributed by atoms with Gasteiger partial charge in [0.1, 0.15) is 0 Å². The van der Waals surface area contributed by atoms with Crippen LogP contribution in [0.5, 0.6) is 0 Å². The monoisotopic (exact) mass is 362 g/mol. The molecule has 0 aliphatic carbocycles. The Labute approximate surface area is 140 Å². The van der Waals surface area contributed by atoms with Gasteiger partial charge in [-0.25, -0.2) is 0 Å². The van der Waals surface area contributed by atoms with E-state index in [2.05, 4.69) is 0 Å². The van der Waals surface area contributed by atoms with E-state index < -0.39 is 28.9 Å². The molecule has 0 saturated heterocycles. The van der Waals surface area contributed by atoms with Crippen LogP contribution in [-0.2, 0) is 17.8 Å². The molecular formula is C17H16F6N2. The van der Waals surface area contributed by atoms with Gasteiger partial charge in [-0.3, -0.25) is 0 Å². The summed E-state index contributed by atoms with van der Waals surface area (Å²) in [5.41, 5.74) is 8.03. The molecular weight excluding hydrogens is 346 g/mol. The summed E-state index contributed by atoms with van der Waals surface area (Å²) in [6.45, 7) is 3.02. The second kappa shape index (κ2) is 5.86. The highest BCUT2D eigenvalue weighted by Gasteiger charge is 2.35. The van der Waals surface area contributed by atoms with Crippen molar-refractivity contribution < 1.29 is 26.3 Å². The molecule has 0 aromatic heterocycles. The van der Waals surface area contributed by atoms with E-state index in [-0.39, 0.29) is 22.5 Å². The number of hydrogen-bond acceptors (Lipinski definition) is 2. The maximum absolute atomic E-state index is 13.0. The third-order valence-electron chi connectivity index (χ3n) is 4.01. The van der Waals surface area contributed by atoms with E-state index in [0.717, 1.165) is 24.3 Å². The van der Waals surface area contributed by atoms with Crippen molar-refractivity contribution in [2.24, 2.45) is 0 Å². The van der Waals surface area contributed by atoms with Crippen molar-refractivity contribution in [1.82, 2.24) is 0 Å². The minimum absolute atomic E-state index is 0.127. The summed E-state index contributed by atoms with van der Waals surface area (Å²) in [4.78, 5) is 0. The number of anilines is 2. The summed E-state index contributed by atoms with van der Waals surface area (Å²) >= 11 is 0. The molecule has 4 N–H and O–H groups in total. The van der Waals surface area contributed by atoms with Crippen LogP contribution >= 0.6 is 0 Å². The predicted molar refractivity (Wildman–Crippen MR) is 83.8 cm³/mol. The van der Waals surface area contributed by atoms with Gasteiger partial charge in [-0.2, -0.15) is 26.3 Å². The molecule has 2 nitrogen and oxygen atoms in total. The third-order valence-corrected chi connectivity index (χ3v) is 4.01. The summed E-state index contributed by atoms with van der Waals surface area (Å²) in [6.07, 6.45) is -9.24. The van der Waals surface area contributed by atoms with Crippen molar-refractivity contribution in [1.29, 1.82) is 0 Å². The van der Waals surface area contributed by atoms with Gasteiger partial charge in [0.2, 0.25) is 0 Å². The van der Waals surface area contributed by atoms with Crippen LogP contribution in [0.3, 0.4) is 0 Å². The number of alkyl halides is 6. The van der Waals surface area contributed by atoms with Crippen LogP contribution < -0.4 is 11.5 Å². The van der Waals surface area contributed by atoms with Gasteiger partial charge in [-0.15, -0.1) is 0 Å². The normalized spacial score (nSPS) is 13.1. The molecule has 0 saturated carbocycles. The van der Waals surface area contributed by atoms with Crippen molar-refractivity contribution in [3.8, 4) is 0 Å². The summed E-state index contributed by atoms with van der Waals surface area (Å²) in [6, 6.07) is 5.94. The van der Waals surface area contributed by atoms with Crippen molar-refractivity contribution in [2.75, 3.05) is 11.5 Å². The fraction of sp³-hybridized carbons (Fsp3) is 0.294. The molecule has 0 amide bonds. The van der Waals surface area contributed by atoms with Gasteiger partial charge in [-0.1, -0.05) is 13.8 Å². The van der Waals surface area contributed by atoms with Crippen molar-refractivity contribution in [2.45, 2.75) is 31.6 Å². The largest absolute Gasteiger partial charge is 0.416 e. The lowest BCUT2D eigenvalue weighted by molar-refractivity contribution is -0.138. The van der Waals surface area contributed by atoms with Crippen LogP contribution in [-0.4, -0.2) is 0 Å². The highest BCUT2D eigenvalue weighted by atomic mass is 19.4. The predicted octanol–water partition coefficient (Wildman–Crippen LogP) is 5.21. The number of nitrogens with two attached hydrogens (primary N) is 2. The first kappa shape index (κ1) is 19.0. The van der Waals surface area contributed by atoms with Gasteiger partial charge in [-0.05, 0) is 47.5 Å². The Morgan fingerprint density at radius 1 is 0.560 bits per heavy atom. The van der Waals surface area contributed by atoms with Gasteiger partial charge in [0.05, 0.1) is 11.1 Å². The fourth-order valence-corrected chi connectivity index (χ4v) is 2.52. The van der Waals surface area contributed by atoms with E-state index in [1.165, 1.54) is 26.0 Å². The Kier molecular flexibility index (Phi) is 4.44. The van der Waals surface area contributed by atoms with E-state index >= 15 is 0 Å². The molecule has 0 atom stereocenters. The van der Waals surface area contributed by atoms with E-state index in [4.69, 9.17) is 11.5 Å². The summed E-state index contributed by atoms with van der Waals surface area (Å²) < 4.78 is 78.0. The van der Waals surface area contributed by atoms with E-state index in [0.29, 0.717) is 0 Å². The van der Waals surface area contributed by atoms with Crippen LogP contribution in [0.2, 0.25) is 0 Å². The SMILES string of the molecule is CC(C)(c1cc(N)cc(C(F)(F)F)c1)c1cc(N)cc(C(F)(F)F)c1. The molecule has 0 aliphatic rings. The quantitative estimate of drug-likeness (QED) is 0.569. The molecule has 0 fully saturated rings. The minimum Gasteiger partial charge on any atom is -0.399 e. The molecule has 25 heavy (non-hydrogen) atoms. The van der Waals surface area contributed by atoms with Gasteiger partial charge < -0.3 is 11.5 Å². The first-order chi connectivity index (χ1) is 11.2. The van der Waals surface area contributed by atoms with Crippen LogP contribution in [0.1, 0.15) is 36.1 Å². The Bertz CT molecular complexity index is 725. The average molecular weight is 362 g/mol. The second-order valence-corrected chi connectivity index (χ2v) is 6.31. The number of hydrogen-bond donors (Lipinski definition) is 2. The first-order valence-corrected chi connectivity index (χ1v) is 7.18. The highest BCUT2D eigenvalue weighted by molar-refractivity contribution is 5.54. The van der Waals surface area contributed by atoms with Gasteiger partial charge in [0.25, 0.3) is 0 Å². The highest BCUT2D eigenvalue weighted by Crippen LogP contribution is 2.40. The van der Waals surface area contributed by atoms with E-state index in [9.17, 15) is 26.3 Å². The second-order valence-electron chi connectivity index (χ2n) is 6.31. The Balaban J connectivity index is 2.63. The zero-order valence-electron chi connectivity index (χ0n) is 13.4. The molecule has 0 unspecified atom stereocenters. The van der Waals surface area contributed by atoms with Gasteiger partial charge in [0, 0.05) is 16.8 Å². The van der Waals surface area contributed by atoms with Crippen molar-refractivity contribution in [3.05, 3.63) is 58.7 Å². The van der Waals surface area contributed by atoms with E-state index in [1.54, 1.807) is 0 Å². The molecule has 0 radical (unpaired) electrons. The van der Waals surface area contributed by atoms with Crippen LogP contribution in [0.25, 0.3) is 0 Å². The van der Waals surface area contributed by atoms with E-state index in [1.807, 2.05) is 0 Å². The average Bonchev–Trinajstić information content (AvgIpc) is 2.44. The third kappa shape index (κ3) is 4.00. The lowest BCUT2D eigenvalue weighted by atomic mass is 9.76. The van der Waals surface area contributed by atoms with Crippen molar-refractivity contribution >= 4 is 11.4 Å². The van der Waals surface area contributed by atoms with Gasteiger partial charge >= 0.3 is 12.4 Å². The molecule has 0 bridgehead atoms. The molecule has 136 valence electrons. The molecule has 2 aromatic rings. The lowest BCUT2D eigenvalue weighted by Gasteiger charge is -2.28. The van der Waals surface area contributed by atoms with Crippen LogP contribution in [0, 0.1) is 0 Å². The molecule has 0 spiro atoms. The smallest absolute Gasteiger partial charge is 0.399 e. The maximum atomic E-state index is 13.0. The maximum Gasteiger partial charge on any atom is 0.416 e. The summed E-state index contributed by atoms with van der Waals surface area (Å²) in [7, 11) is 0. The topological polar surface area (TPSA) is 52.0 Å². The zero-order chi connectivity index (χ0) is 19.2. The number of rotatable bonds is 2. The zero-order valence-corrected chi connectivity index (χ0v) is 13.4. The molecule has 0 aliphatic heterocycles. The summed E-state index contributed by atoms with van der Waals surface area (Å²) in [5, 5.41) is 0. The lowest BCUT2D eigenvalue weighted by Crippen LogP contribution is -2.22. The Morgan fingerprint density at radius 2 is 0.840 bits per heavy atom. The number of halogens is 6. The number of benzene rings is 2. The molecule has 2 aromatic carbocycles. The number of nitrogen functional groups attached to an aromatic ring is 2. The minimum atomic E-state index is -4.62. The Morgan fingerprint density at radius 3 is 1.12 bits per heavy atom. The summed E-state index contributed by atoms with van der Waals surface area (Å²) in [5.74, 6) is 0. The van der Waals surface area contributed by atoms with Crippen molar-refractivity contribution in [3.63, 3.8) is 0 Å². The first-order valence-electron chi connectivity index (χ1n) is 7.18. The molecule has 8 heteroatoms. The standard InChI is InChI=1S/C17H16F6N2/c1-15(2,9-3-11(16(18,19)20)7-13(24)5-9)10-4-12(17(21,22)23)8-14(25)6-10/h3-8H,24-25H2,1-2H3. The fourth-order valence-electron chi connectivity index (χ4n) is 2.52. The molecule has 0 heterocycles. The van der Waals surface area contributed by atoms with Crippen LogP contribution in [0.4, 0.5) is 37.7 Å². The Hall–Kier alpha value is -2.38. The van der Waals surface area contributed by atoms with Gasteiger partial charge in [0.15, 0.2) is 0 Å². The van der Waals surface area contributed by atoms with Crippen LogP contribution in [0.15, 0.2) is 36.4 Å².